The third kappa shape index (κ3) is 2.48. The minimum atomic E-state index is -0.606. The quantitative estimate of drug-likeness (QED) is 0.618. The first kappa shape index (κ1) is 9.52. The molecule has 1 rings (SSSR count). The second-order valence-electron chi connectivity index (χ2n) is 3.61. The van der Waals surface area contributed by atoms with Crippen LogP contribution in [0.5, 0.6) is 0 Å². The number of quaternary nitrogens is 1. The molecule has 0 aromatic heterocycles. The van der Waals surface area contributed by atoms with Gasteiger partial charge in [0.25, 0.3) is 0 Å². The Hall–Kier alpha value is -0.570. The van der Waals surface area contributed by atoms with Gasteiger partial charge in [-0.15, -0.1) is 0 Å². The van der Waals surface area contributed by atoms with E-state index in [4.69, 9.17) is 5.11 Å². The minimum Gasteiger partial charge on any atom is -0.481 e. The smallest absolute Gasteiger partial charge is 0.306 e. The Labute approximate surface area is 73.4 Å². The first-order valence-electron chi connectivity index (χ1n) is 4.80. The summed E-state index contributed by atoms with van der Waals surface area (Å²) in [5, 5.41) is 8.75. The predicted octanol–water partition coefficient (Wildman–Crippen LogP) is -0.224. The van der Waals surface area contributed by atoms with E-state index in [1.807, 2.05) is 0 Å². The Morgan fingerprint density at radius 1 is 1.50 bits per heavy atom. The Bertz CT molecular complexity index is 151. The van der Waals surface area contributed by atoms with Crippen molar-refractivity contribution >= 4 is 5.97 Å². The van der Waals surface area contributed by atoms with Gasteiger partial charge in [-0.2, -0.15) is 0 Å². The molecule has 1 aliphatic rings. The lowest BCUT2D eigenvalue weighted by Crippen LogP contribution is -3.13. The number of carboxylic acid groups (broad SMARTS) is 1. The number of rotatable bonds is 3. The molecule has 1 saturated heterocycles. The van der Waals surface area contributed by atoms with Crippen molar-refractivity contribution in [1.82, 2.24) is 0 Å². The molecule has 0 spiro atoms. The lowest BCUT2D eigenvalue weighted by atomic mass is 9.97. The topological polar surface area (TPSA) is 41.7 Å². The lowest BCUT2D eigenvalue weighted by Gasteiger charge is -2.26. The van der Waals surface area contributed by atoms with Crippen LogP contribution in [0, 0.1) is 5.92 Å². The molecule has 0 unspecified atom stereocenters. The van der Waals surface area contributed by atoms with E-state index in [0.717, 1.165) is 25.9 Å². The maximum absolute atomic E-state index is 10.6. The zero-order valence-electron chi connectivity index (χ0n) is 7.68. The van der Waals surface area contributed by atoms with E-state index in [1.54, 1.807) is 4.90 Å². The highest BCUT2D eigenvalue weighted by Crippen LogP contribution is 2.08. The standard InChI is InChI=1S/C9H17NO2/c1-2-5-10-6-3-8(4-7-10)9(11)12/h8H,2-7H2,1H3,(H,11,12)/p+1. The molecule has 1 aliphatic heterocycles. The van der Waals surface area contributed by atoms with Crippen molar-refractivity contribution < 1.29 is 14.8 Å². The van der Waals surface area contributed by atoms with Crippen LogP contribution >= 0.6 is 0 Å². The number of piperidine rings is 1. The molecule has 0 radical (unpaired) electrons. The van der Waals surface area contributed by atoms with Gasteiger partial charge in [-0.3, -0.25) is 4.79 Å². The van der Waals surface area contributed by atoms with Crippen LogP contribution in [0.3, 0.4) is 0 Å². The number of hydrogen-bond donors (Lipinski definition) is 2. The molecule has 0 aromatic rings. The number of nitrogens with one attached hydrogen (secondary N) is 1. The van der Waals surface area contributed by atoms with Crippen molar-refractivity contribution in [3.8, 4) is 0 Å². The third-order valence-electron chi connectivity index (χ3n) is 2.65. The molecule has 0 bridgehead atoms. The molecular formula is C9H18NO2+. The molecule has 1 fully saturated rings. The summed E-state index contributed by atoms with van der Waals surface area (Å²) >= 11 is 0. The van der Waals surface area contributed by atoms with Crippen molar-refractivity contribution in [2.75, 3.05) is 19.6 Å². The summed E-state index contributed by atoms with van der Waals surface area (Å²) in [7, 11) is 0. The Morgan fingerprint density at radius 3 is 2.50 bits per heavy atom. The normalized spacial score (nSPS) is 30.1. The van der Waals surface area contributed by atoms with Crippen molar-refractivity contribution in [1.29, 1.82) is 0 Å². The SMILES string of the molecule is CCC[NH+]1CCC(C(=O)O)CC1. The van der Waals surface area contributed by atoms with Crippen molar-refractivity contribution in [3.63, 3.8) is 0 Å². The molecule has 70 valence electrons. The highest BCUT2D eigenvalue weighted by molar-refractivity contribution is 5.69. The second-order valence-corrected chi connectivity index (χ2v) is 3.61. The van der Waals surface area contributed by atoms with Gasteiger partial charge in [0, 0.05) is 12.8 Å². The fourth-order valence-electron chi connectivity index (χ4n) is 1.88. The number of aliphatic carboxylic acids is 1. The molecule has 0 atom stereocenters. The van der Waals surface area contributed by atoms with Crippen LogP contribution in [0.15, 0.2) is 0 Å². The Balaban J connectivity index is 2.25. The number of carboxylic acids is 1. The highest BCUT2D eigenvalue weighted by Gasteiger charge is 2.26. The molecule has 0 saturated carbocycles. The fourth-order valence-corrected chi connectivity index (χ4v) is 1.88. The molecular weight excluding hydrogens is 154 g/mol. The Kier molecular flexibility index (Phi) is 3.53. The van der Waals surface area contributed by atoms with E-state index < -0.39 is 5.97 Å². The van der Waals surface area contributed by atoms with Gasteiger partial charge >= 0.3 is 5.97 Å². The maximum atomic E-state index is 10.6. The second kappa shape index (κ2) is 4.45. The average Bonchev–Trinajstić information content (AvgIpc) is 2.06. The van der Waals surface area contributed by atoms with Gasteiger partial charge in [0.1, 0.15) is 0 Å². The van der Waals surface area contributed by atoms with Gasteiger partial charge in [0.15, 0.2) is 0 Å². The fraction of sp³-hybridized carbons (Fsp3) is 0.889. The molecule has 1 heterocycles. The van der Waals surface area contributed by atoms with Crippen molar-refractivity contribution in [2.24, 2.45) is 5.92 Å². The molecule has 0 aliphatic carbocycles. The summed E-state index contributed by atoms with van der Waals surface area (Å²) in [4.78, 5) is 12.2. The Morgan fingerprint density at radius 2 is 2.08 bits per heavy atom. The van der Waals surface area contributed by atoms with Gasteiger partial charge in [0.2, 0.25) is 0 Å². The maximum Gasteiger partial charge on any atom is 0.306 e. The van der Waals surface area contributed by atoms with E-state index in [1.165, 1.54) is 13.0 Å². The molecule has 3 nitrogen and oxygen atoms in total. The first-order chi connectivity index (χ1) is 5.74. The van der Waals surface area contributed by atoms with Crippen LogP contribution in [-0.2, 0) is 4.79 Å². The van der Waals surface area contributed by atoms with Crippen LogP contribution < -0.4 is 4.90 Å². The van der Waals surface area contributed by atoms with Crippen LogP contribution in [0.2, 0.25) is 0 Å². The molecule has 12 heavy (non-hydrogen) atoms. The number of likely N-dealkylation sites (tertiary alicyclic amines) is 1. The minimum absolute atomic E-state index is 0.0643. The molecule has 2 N–H and O–H groups in total. The molecule has 0 aromatic carbocycles. The van der Waals surface area contributed by atoms with Crippen LogP contribution in [0.4, 0.5) is 0 Å². The summed E-state index contributed by atoms with van der Waals surface area (Å²) < 4.78 is 0. The van der Waals surface area contributed by atoms with Crippen molar-refractivity contribution in [2.45, 2.75) is 26.2 Å². The zero-order chi connectivity index (χ0) is 8.97. The average molecular weight is 172 g/mol. The first-order valence-corrected chi connectivity index (χ1v) is 4.80. The van der Waals surface area contributed by atoms with E-state index in [9.17, 15) is 4.79 Å². The van der Waals surface area contributed by atoms with E-state index >= 15 is 0 Å². The van der Waals surface area contributed by atoms with Gasteiger partial charge in [-0.05, 0) is 6.42 Å². The van der Waals surface area contributed by atoms with Crippen LogP contribution in [0.25, 0.3) is 0 Å². The summed E-state index contributed by atoms with van der Waals surface area (Å²) in [5.74, 6) is -0.670. The summed E-state index contributed by atoms with van der Waals surface area (Å²) in [5.41, 5.74) is 0. The van der Waals surface area contributed by atoms with E-state index in [-0.39, 0.29) is 5.92 Å². The molecule has 0 amide bonds. The van der Waals surface area contributed by atoms with Gasteiger partial charge in [-0.25, -0.2) is 0 Å². The zero-order valence-corrected chi connectivity index (χ0v) is 7.68. The molecule has 3 heteroatoms. The number of carbonyl (C=O) groups is 1. The summed E-state index contributed by atoms with van der Waals surface area (Å²) in [6.45, 7) is 5.47. The number of hydrogen-bond acceptors (Lipinski definition) is 1. The van der Waals surface area contributed by atoms with E-state index in [0.29, 0.717) is 0 Å². The van der Waals surface area contributed by atoms with E-state index in [2.05, 4.69) is 6.92 Å². The van der Waals surface area contributed by atoms with Crippen LogP contribution in [0.1, 0.15) is 26.2 Å². The summed E-state index contributed by atoms with van der Waals surface area (Å²) in [6, 6.07) is 0. The van der Waals surface area contributed by atoms with Gasteiger partial charge < -0.3 is 10.0 Å². The van der Waals surface area contributed by atoms with Gasteiger partial charge in [0.05, 0.1) is 25.6 Å². The van der Waals surface area contributed by atoms with Crippen molar-refractivity contribution in [3.05, 3.63) is 0 Å². The van der Waals surface area contributed by atoms with Gasteiger partial charge in [-0.1, -0.05) is 6.92 Å². The largest absolute Gasteiger partial charge is 0.481 e. The predicted molar refractivity (Wildman–Crippen MR) is 46.2 cm³/mol. The highest BCUT2D eigenvalue weighted by atomic mass is 16.4. The lowest BCUT2D eigenvalue weighted by molar-refractivity contribution is -0.905. The van der Waals surface area contributed by atoms with Crippen LogP contribution in [-0.4, -0.2) is 30.7 Å². The third-order valence-corrected chi connectivity index (χ3v) is 2.65. The summed E-state index contributed by atoms with van der Waals surface area (Å²) in [6.07, 6.45) is 2.93. The monoisotopic (exact) mass is 172 g/mol.